The average molecular weight is 279 g/mol. The van der Waals surface area contributed by atoms with Crippen LogP contribution in [-0.2, 0) is 13.5 Å². The van der Waals surface area contributed by atoms with Gasteiger partial charge in [-0.25, -0.2) is 9.37 Å². The van der Waals surface area contributed by atoms with Gasteiger partial charge >= 0.3 is 0 Å². The summed E-state index contributed by atoms with van der Waals surface area (Å²) in [5, 5.41) is 4.35. The molecule has 0 spiro atoms. The molecule has 0 saturated carbocycles. The van der Waals surface area contributed by atoms with Gasteiger partial charge in [-0.1, -0.05) is 0 Å². The molecule has 0 bridgehead atoms. The van der Waals surface area contributed by atoms with Crippen LogP contribution in [0.5, 0.6) is 0 Å². The van der Waals surface area contributed by atoms with E-state index in [9.17, 15) is 4.39 Å². The molecule has 0 saturated heterocycles. The number of aryl methyl sites for hydroxylation is 2. The number of imidazole rings is 1. The topological polar surface area (TPSA) is 35.6 Å². The first-order valence-corrected chi connectivity index (χ1v) is 6.45. The first-order chi connectivity index (χ1) is 9.19. The minimum Gasteiger partial charge on any atom is -0.279 e. The maximum absolute atomic E-state index is 13.4. The molecule has 0 aliphatic carbocycles. The van der Waals surface area contributed by atoms with Crippen LogP contribution in [0.1, 0.15) is 5.82 Å². The zero-order chi connectivity index (χ0) is 13.4. The maximum Gasteiger partial charge on any atom is 0.160 e. The Hall–Kier alpha value is -1.88. The number of aromatic nitrogens is 4. The van der Waals surface area contributed by atoms with Gasteiger partial charge in [0.05, 0.1) is 11.0 Å². The van der Waals surface area contributed by atoms with Crippen LogP contribution in [0.3, 0.4) is 0 Å². The molecule has 0 fully saturated rings. The van der Waals surface area contributed by atoms with Crippen molar-refractivity contribution in [3.63, 3.8) is 0 Å². The van der Waals surface area contributed by atoms with E-state index in [1.807, 2.05) is 23.9 Å². The van der Waals surface area contributed by atoms with Crippen LogP contribution in [0.2, 0.25) is 0 Å². The number of nitrogens with zero attached hydrogens (tertiary/aromatic N) is 4. The number of hydrogen-bond acceptors (Lipinski definition) is 2. The van der Waals surface area contributed by atoms with Crippen molar-refractivity contribution < 1.29 is 4.39 Å². The van der Waals surface area contributed by atoms with Gasteiger partial charge in [0.25, 0.3) is 0 Å². The van der Waals surface area contributed by atoms with Crippen molar-refractivity contribution >= 4 is 22.6 Å². The van der Waals surface area contributed by atoms with Crippen molar-refractivity contribution in [2.45, 2.75) is 6.42 Å². The van der Waals surface area contributed by atoms with Crippen molar-refractivity contribution in [2.75, 3.05) is 5.88 Å². The fraction of sp³-hybridized carbons (Fsp3) is 0.231. The highest BCUT2D eigenvalue weighted by Crippen LogP contribution is 2.22. The summed E-state index contributed by atoms with van der Waals surface area (Å²) in [7, 11) is 1.84. The van der Waals surface area contributed by atoms with Crippen molar-refractivity contribution in [1.82, 2.24) is 19.3 Å². The molecular weight excluding hydrogens is 267 g/mol. The molecule has 98 valence electrons. The standard InChI is InChI=1S/C13H12ClFN4/c1-18-7-5-13(17-18)19-11-8-9(15)2-3-10(11)16-12(19)4-6-14/h2-3,5,7-8H,4,6H2,1H3. The summed E-state index contributed by atoms with van der Waals surface area (Å²) in [5.41, 5.74) is 1.45. The Kier molecular flexibility index (Phi) is 2.98. The molecule has 0 atom stereocenters. The van der Waals surface area contributed by atoms with Gasteiger partial charge in [-0.15, -0.1) is 11.6 Å². The van der Waals surface area contributed by atoms with Crippen LogP contribution < -0.4 is 0 Å². The second kappa shape index (κ2) is 4.66. The summed E-state index contributed by atoms with van der Waals surface area (Å²) in [6.07, 6.45) is 2.44. The molecule has 0 aliphatic heterocycles. The third-order valence-corrected chi connectivity index (χ3v) is 3.12. The highest BCUT2D eigenvalue weighted by molar-refractivity contribution is 6.17. The van der Waals surface area contributed by atoms with Crippen LogP contribution >= 0.6 is 11.6 Å². The molecule has 0 amide bonds. The van der Waals surface area contributed by atoms with Gasteiger partial charge < -0.3 is 0 Å². The highest BCUT2D eigenvalue weighted by atomic mass is 35.5. The number of benzene rings is 1. The van der Waals surface area contributed by atoms with Crippen molar-refractivity contribution in [3.05, 3.63) is 42.1 Å². The number of hydrogen-bond donors (Lipinski definition) is 0. The van der Waals surface area contributed by atoms with Crippen LogP contribution in [0.15, 0.2) is 30.5 Å². The SMILES string of the molecule is Cn1ccc(-n2c(CCCl)nc3ccc(F)cc32)n1. The van der Waals surface area contributed by atoms with E-state index in [1.54, 1.807) is 10.7 Å². The first-order valence-electron chi connectivity index (χ1n) is 5.92. The second-order valence-electron chi connectivity index (χ2n) is 4.28. The Bertz CT molecular complexity index is 731. The number of alkyl halides is 1. The Morgan fingerprint density at radius 2 is 2.16 bits per heavy atom. The molecule has 1 aromatic carbocycles. The largest absolute Gasteiger partial charge is 0.279 e. The molecule has 6 heteroatoms. The molecule has 4 nitrogen and oxygen atoms in total. The molecule has 0 unspecified atom stereocenters. The lowest BCUT2D eigenvalue weighted by atomic mass is 10.3. The summed E-state index contributed by atoms with van der Waals surface area (Å²) in [4.78, 5) is 4.49. The third-order valence-electron chi connectivity index (χ3n) is 2.93. The van der Waals surface area contributed by atoms with Gasteiger partial charge in [-0.2, -0.15) is 5.10 Å². The van der Waals surface area contributed by atoms with E-state index in [-0.39, 0.29) is 5.82 Å². The minimum absolute atomic E-state index is 0.290. The highest BCUT2D eigenvalue weighted by Gasteiger charge is 2.14. The molecule has 2 aromatic heterocycles. The Morgan fingerprint density at radius 3 is 2.84 bits per heavy atom. The summed E-state index contributed by atoms with van der Waals surface area (Å²) < 4.78 is 17.0. The van der Waals surface area contributed by atoms with E-state index < -0.39 is 0 Å². The summed E-state index contributed by atoms with van der Waals surface area (Å²) >= 11 is 5.81. The minimum atomic E-state index is -0.290. The van der Waals surface area contributed by atoms with Gasteiger partial charge in [-0.05, 0) is 12.1 Å². The zero-order valence-electron chi connectivity index (χ0n) is 10.3. The summed E-state index contributed by atoms with van der Waals surface area (Å²) in [6.45, 7) is 0. The fourth-order valence-electron chi connectivity index (χ4n) is 2.13. The van der Waals surface area contributed by atoms with E-state index >= 15 is 0 Å². The average Bonchev–Trinajstić information content (AvgIpc) is 2.93. The van der Waals surface area contributed by atoms with E-state index in [1.165, 1.54) is 12.1 Å². The van der Waals surface area contributed by atoms with E-state index in [0.29, 0.717) is 17.8 Å². The first kappa shape index (κ1) is 12.2. The van der Waals surface area contributed by atoms with Gasteiger partial charge in [0, 0.05) is 37.7 Å². The molecule has 2 heterocycles. The van der Waals surface area contributed by atoms with Gasteiger partial charge in [0.1, 0.15) is 11.6 Å². The molecule has 19 heavy (non-hydrogen) atoms. The lowest BCUT2D eigenvalue weighted by Crippen LogP contribution is -2.03. The Morgan fingerprint density at radius 1 is 1.32 bits per heavy atom. The molecular formula is C13H12ClFN4. The van der Waals surface area contributed by atoms with Crippen molar-refractivity contribution in [2.24, 2.45) is 7.05 Å². The molecule has 0 radical (unpaired) electrons. The van der Waals surface area contributed by atoms with Gasteiger partial charge in [0.2, 0.25) is 0 Å². The lowest BCUT2D eigenvalue weighted by molar-refractivity contribution is 0.629. The predicted molar refractivity (Wildman–Crippen MR) is 72.2 cm³/mol. The third kappa shape index (κ3) is 2.10. The number of fused-ring (bicyclic) bond motifs is 1. The summed E-state index contributed by atoms with van der Waals surface area (Å²) in [5.74, 6) is 1.67. The van der Waals surface area contributed by atoms with Crippen LogP contribution in [-0.4, -0.2) is 25.2 Å². The molecule has 0 N–H and O–H groups in total. The molecule has 3 aromatic rings. The van der Waals surface area contributed by atoms with Crippen LogP contribution in [0.25, 0.3) is 16.9 Å². The summed E-state index contributed by atoms with van der Waals surface area (Å²) in [6, 6.07) is 6.41. The van der Waals surface area contributed by atoms with Gasteiger partial charge in [0.15, 0.2) is 5.82 Å². The second-order valence-corrected chi connectivity index (χ2v) is 4.66. The lowest BCUT2D eigenvalue weighted by Gasteiger charge is -2.04. The van der Waals surface area contributed by atoms with E-state index in [4.69, 9.17) is 11.6 Å². The maximum atomic E-state index is 13.4. The van der Waals surface area contributed by atoms with E-state index in [2.05, 4.69) is 10.1 Å². The van der Waals surface area contributed by atoms with Crippen LogP contribution in [0.4, 0.5) is 4.39 Å². The Balaban J connectivity index is 2.29. The number of halogens is 2. The molecule has 3 rings (SSSR count). The van der Waals surface area contributed by atoms with Crippen molar-refractivity contribution in [3.8, 4) is 5.82 Å². The monoisotopic (exact) mass is 278 g/mol. The quantitative estimate of drug-likeness (QED) is 0.691. The van der Waals surface area contributed by atoms with Crippen LogP contribution in [0, 0.1) is 5.82 Å². The normalized spacial score (nSPS) is 11.3. The molecule has 0 aliphatic rings. The number of rotatable bonds is 3. The van der Waals surface area contributed by atoms with Crippen molar-refractivity contribution in [1.29, 1.82) is 0 Å². The smallest absolute Gasteiger partial charge is 0.160 e. The van der Waals surface area contributed by atoms with E-state index in [0.717, 1.165) is 17.2 Å². The zero-order valence-corrected chi connectivity index (χ0v) is 11.1. The predicted octanol–water partition coefficient (Wildman–Crippen LogP) is 2.68. The fourth-order valence-corrected chi connectivity index (χ4v) is 2.30. The van der Waals surface area contributed by atoms with Gasteiger partial charge in [-0.3, -0.25) is 9.25 Å². The Labute approximate surface area is 114 Å².